The molecule has 0 spiro atoms. The summed E-state index contributed by atoms with van der Waals surface area (Å²) in [5.41, 5.74) is 1.53. The molecule has 2 aromatic heterocycles. The Balaban J connectivity index is 1.61. The Hall–Kier alpha value is -2.74. The van der Waals surface area contributed by atoms with E-state index in [9.17, 15) is 4.79 Å². The second kappa shape index (κ2) is 6.57. The zero-order valence-electron chi connectivity index (χ0n) is 12.4. The van der Waals surface area contributed by atoms with Crippen LogP contribution in [0.4, 0.5) is 0 Å². The number of H-pyrrole nitrogens is 1. The SMILES string of the molecule is Cc1n[nH]c(=S)n1CCNC(=O)c1cc(-c2ccccc2)no1. The number of benzene rings is 1. The van der Waals surface area contributed by atoms with Crippen molar-refractivity contribution < 1.29 is 9.32 Å². The third kappa shape index (κ3) is 3.37. The van der Waals surface area contributed by atoms with E-state index >= 15 is 0 Å². The van der Waals surface area contributed by atoms with Crippen LogP contribution >= 0.6 is 12.2 Å². The minimum absolute atomic E-state index is 0.177. The molecule has 2 N–H and O–H groups in total. The lowest BCUT2D eigenvalue weighted by Crippen LogP contribution is -2.27. The van der Waals surface area contributed by atoms with Crippen LogP contribution in [0, 0.1) is 11.7 Å². The molecule has 1 aromatic carbocycles. The highest BCUT2D eigenvalue weighted by Crippen LogP contribution is 2.18. The lowest BCUT2D eigenvalue weighted by atomic mass is 10.1. The van der Waals surface area contributed by atoms with Crippen LogP contribution in [0.1, 0.15) is 16.4 Å². The topological polar surface area (TPSA) is 88.7 Å². The molecule has 3 rings (SSSR count). The number of hydrogen-bond acceptors (Lipinski definition) is 5. The van der Waals surface area contributed by atoms with Crippen molar-refractivity contribution in [1.29, 1.82) is 0 Å². The van der Waals surface area contributed by atoms with Crippen LogP contribution in [0.25, 0.3) is 11.3 Å². The van der Waals surface area contributed by atoms with Gasteiger partial charge in [-0.05, 0) is 19.1 Å². The Morgan fingerprint density at radius 3 is 2.87 bits per heavy atom. The van der Waals surface area contributed by atoms with Crippen molar-refractivity contribution in [2.24, 2.45) is 0 Å². The summed E-state index contributed by atoms with van der Waals surface area (Å²) in [6.45, 7) is 2.79. The second-order valence-electron chi connectivity index (χ2n) is 4.93. The van der Waals surface area contributed by atoms with Gasteiger partial charge >= 0.3 is 0 Å². The molecule has 0 atom stereocenters. The zero-order chi connectivity index (χ0) is 16.2. The van der Waals surface area contributed by atoms with Gasteiger partial charge in [-0.1, -0.05) is 35.5 Å². The molecule has 7 nitrogen and oxygen atoms in total. The summed E-state index contributed by atoms with van der Waals surface area (Å²) < 4.78 is 7.45. The number of amides is 1. The fourth-order valence-electron chi connectivity index (χ4n) is 2.16. The molecule has 0 fully saturated rings. The number of aryl methyl sites for hydroxylation is 1. The van der Waals surface area contributed by atoms with E-state index in [1.165, 1.54) is 0 Å². The molecule has 3 aromatic rings. The van der Waals surface area contributed by atoms with Crippen molar-refractivity contribution in [2.75, 3.05) is 6.54 Å². The Kier molecular flexibility index (Phi) is 4.33. The Morgan fingerprint density at radius 2 is 2.17 bits per heavy atom. The molecule has 1 amide bonds. The highest BCUT2D eigenvalue weighted by Gasteiger charge is 2.13. The third-order valence-corrected chi connectivity index (χ3v) is 3.69. The molecule has 0 aliphatic carbocycles. The van der Waals surface area contributed by atoms with Gasteiger partial charge in [0.2, 0.25) is 5.76 Å². The highest BCUT2D eigenvalue weighted by molar-refractivity contribution is 7.71. The summed E-state index contributed by atoms with van der Waals surface area (Å²) in [5.74, 6) is 0.638. The Labute approximate surface area is 137 Å². The van der Waals surface area contributed by atoms with Crippen molar-refractivity contribution in [3.8, 4) is 11.3 Å². The number of carbonyl (C=O) groups is 1. The molecule has 0 unspecified atom stereocenters. The lowest BCUT2D eigenvalue weighted by molar-refractivity contribution is 0.0915. The minimum Gasteiger partial charge on any atom is -0.350 e. The van der Waals surface area contributed by atoms with E-state index in [0.717, 1.165) is 11.4 Å². The van der Waals surface area contributed by atoms with E-state index in [-0.39, 0.29) is 11.7 Å². The first kappa shape index (κ1) is 15.2. The van der Waals surface area contributed by atoms with Crippen LogP contribution in [0.5, 0.6) is 0 Å². The fraction of sp³-hybridized carbons (Fsp3) is 0.200. The molecule has 0 radical (unpaired) electrons. The van der Waals surface area contributed by atoms with Crippen LogP contribution in [0.3, 0.4) is 0 Å². The quantitative estimate of drug-likeness (QED) is 0.701. The van der Waals surface area contributed by atoms with Gasteiger partial charge in [0.1, 0.15) is 11.5 Å². The summed E-state index contributed by atoms with van der Waals surface area (Å²) in [6.07, 6.45) is 0. The maximum Gasteiger partial charge on any atom is 0.289 e. The molecule has 23 heavy (non-hydrogen) atoms. The molecule has 8 heteroatoms. The Bertz CT molecular complexity index is 865. The van der Waals surface area contributed by atoms with Gasteiger partial charge in [-0.25, -0.2) is 0 Å². The van der Waals surface area contributed by atoms with E-state index in [4.69, 9.17) is 16.7 Å². The summed E-state index contributed by atoms with van der Waals surface area (Å²) in [7, 11) is 0. The van der Waals surface area contributed by atoms with Crippen LogP contribution in [0.2, 0.25) is 0 Å². The second-order valence-corrected chi connectivity index (χ2v) is 5.31. The van der Waals surface area contributed by atoms with E-state index in [0.29, 0.717) is 23.6 Å². The van der Waals surface area contributed by atoms with Gasteiger partial charge < -0.3 is 14.4 Å². The van der Waals surface area contributed by atoms with Gasteiger partial charge in [0, 0.05) is 24.7 Å². The van der Waals surface area contributed by atoms with E-state index < -0.39 is 0 Å². The van der Waals surface area contributed by atoms with Crippen molar-refractivity contribution in [3.05, 3.63) is 52.8 Å². The van der Waals surface area contributed by atoms with Crippen LogP contribution in [-0.2, 0) is 6.54 Å². The van der Waals surface area contributed by atoms with Crippen molar-refractivity contribution in [1.82, 2.24) is 25.2 Å². The van der Waals surface area contributed by atoms with Gasteiger partial charge in [0.05, 0.1) is 0 Å². The van der Waals surface area contributed by atoms with E-state index in [1.54, 1.807) is 6.07 Å². The zero-order valence-corrected chi connectivity index (χ0v) is 13.3. The van der Waals surface area contributed by atoms with Crippen LogP contribution < -0.4 is 5.32 Å². The first-order valence-electron chi connectivity index (χ1n) is 7.07. The normalized spacial score (nSPS) is 10.7. The average molecular weight is 329 g/mol. The number of nitrogens with one attached hydrogen (secondary N) is 2. The first-order valence-corrected chi connectivity index (χ1v) is 7.48. The number of rotatable bonds is 5. The van der Waals surface area contributed by atoms with E-state index in [1.807, 2.05) is 41.8 Å². The van der Waals surface area contributed by atoms with Crippen molar-refractivity contribution in [3.63, 3.8) is 0 Å². The predicted octanol–water partition coefficient (Wildman–Crippen LogP) is 2.33. The van der Waals surface area contributed by atoms with Gasteiger partial charge in [-0.3, -0.25) is 9.89 Å². The monoisotopic (exact) mass is 329 g/mol. The highest BCUT2D eigenvalue weighted by atomic mass is 32.1. The van der Waals surface area contributed by atoms with Crippen molar-refractivity contribution in [2.45, 2.75) is 13.5 Å². The molecule has 2 heterocycles. The summed E-state index contributed by atoms with van der Waals surface area (Å²) in [4.78, 5) is 12.1. The molecular formula is C15H15N5O2S. The summed E-state index contributed by atoms with van der Waals surface area (Å²) in [6, 6.07) is 11.2. The molecule has 0 bridgehead atoms. The van der Waals surface area contributed by atoms with Gasteiger partial charge in [0.15, 0.2) is 4.77 Å². The fourth-order valence-corrected chi connectivity index (χ4v) is 2.42. The maximum absolute atomic E-state index is 12.1. The lowest BCUT2D eigenvalue weighted by Gasteiger charge is -2.04. The molecule has 118 valence electrons. The largest absolute Gasteiger partial charge is 0.350 e. The smallest absolute Gasteiger partial charge is 0.289 e. The minimum atomic E-state index is -0.313. The standard InChI is InChI=1S/C15H15N5O2S/c1-10-17-18-15(23)20(10)8-7-16-14(21)13-9-12(19-22-13)11-5-3-2-4-6-11/h2-6,9H,7-8H2,1H3,(H,16,21)(H,18,23). The van der Waals surface area contributed by atoms with Gasteiger partial charge in [-0.15, -0.1) is 0 Å². The number of aromatic nitrogens is 4. The number of nitrogens with zero attached hydrogens (tertiary/aromatic N) is 3. The first-order chi connectivity index (χ1) is 11.1. The van der Waals surface area contributed by atoms with Crippen LogP contribution in [-0.4, -0.2) is 32.4 Å². The predicted molar refractivity (Wildman–Crippen MR) is 86.4 cm³/mol. The number of carbonyl (C=O) groups excluding carboxylic acids is 1. The number of hydrogen-bond donors (Lipinski definition) is 2. The van der Waals surface area contributed by atoms with Crippen molar-refractivity contribution >= 4 is 18.1 Å². The number of aromatic amines is 1. The molecule has 0 aliphatic rings. The van der Waals surface area contributed by atoms with Gasteiger partial charge in [-0.2, -0.15) is 5.10 Å². The maximum atomic E-state index is 12.1. The van der Waals surface area contributed by atoms with Crippen LogP contribution in [0.15, 0.2) is 40.9 Å². The molecule has 0 saturated carbocycles. The van der Waals surface area contributed by atoms with E-state index in [2.05, 4.69) is 20.7 Å². The Morgan fingerprint density at radius 1 is 1.39 bits per heavy atom. The van der Waals surface area contributed by atoms with Gasteiger partial charge in [0.25, 0.3) is 5.91 Å². The molecule has 0 saturated heterocycles. The third-order valence-electron chi connectivity index (χ3n) is 3.37. The molecular weight excluding hydrogens is 314 g/mol. The summed E-state index contributed by atoms with van der Waals surface area (Å²) in [5, 5.41) is 13.4. The molecule has 0 aliphatic heterocycles. The average Bonchev–Trinajstić information content (AvgIpc) is 3.18. The summed E-state index contributed by atoms with van der Waals surface area (Å²) >= 11 is 5.11.